The van der Waals surface area contributed by atoms with Gasteiger partial charge < -0.3 is 14.8 Å². The molecule has 7 nitrogen and oxygen atoms in total. The van der Waals surface area contributed by atoms with Gasteiger partial charge in [0.1, 0.15) is 11.5 Å². The van der Waals surface area contributed by atoms with Crippen molar-refractivity contribution in [1.82, 2.24) is 0 Å². The van der Waals surface area contributed by atoms with Gasteiger partial charge in [-0.2, -0.15) is 0 Å². The molecule has 1 amide bonds. The van der Waals surface area contributed by atoms with Crippen LogP contribution < -0.4 is 19.5 Å². The molecule has 3 rings (SSSR count). The van der Waals surface area contributed by atoms with Crippen LogP contribution in [0.15, 0.2) is 83.8 Å². The molecule has 0 aliphatic rings. The summed E-state index contributed by atoms with van der Waals surface area (Å²) in [5, 5.41) is 2.70. The molecular formula is C23H22N2O5S. The highest BCUT2D eigenvalue weighted by molar-refractivity contribution is 7.92. The number of amides is 1. The first kappa shape index (κ1) is 21.9. The van der Waals surface area contributed by atoms with Crippen molar-refractivity contribution >= 4 is 33.4 Å². The summed E-state index contributed by atoms with van der Waals surface area (Å²) in [6.07, 6.45) is 3.11. The molecule has 8 heteroatoms. The fourth-order valence-electron chi connectivity index (χ4n) is 2.73. The molecule has 0 aromatic heterocycles. The Hall–Kier alpha value is -3.78. The lowest BCUT2D eigenvalue weighted by molar-refractivity contribution is -0.111. The molecule has 31 heavy (non-hydrogen) atoms. The second-order valence-corrected chi connectivity index (χ2v) is 8.11. The van der Waals surface area contributed by atoms with Crippen LogP contribution in [0.1, 0.15) is 5.56 Å². The molecule has 0 aliphatic heterocycles. The molecule has 0 heterocycles. The molecule has 0 aliphatic carbocycles. The van der Waals surface area contributed by atoms with Crippen LogP contribution in [0.4, 0.5) is 11.4 Å². The molecule has 0 radical (unpaired) electrons. The lowest BCUT2D eigenvalue weighted by Crippen LogP contribution is -2.14. The largest absolute Gasteiger partial charge is 0.497 e. The standard InChI is InChI=1S/C23H22N2O5S/c1-29-19-11-14-22(30-2)21(16-19)25-31(27,28)20-12-9-18(10-13-20)24-23(26)15-8-17-6-4-3-5-7-17/h3-16,25H,1-2H3,(H,24,26). The molecule has 2 N–H and O–H groups in total. The monoisotopic (exact) mass is 438 g/mol. The van der Waals surface area contributed by atoms with E-state index in [2.05, 4.69) is 10.0 Å². The van der Waals surface area contributed by atoms with Gasteiger partial charge >= 0.3 is 0 Å². The van der Waals surface area contributed by atoms with E-state index >= 15 is 0 Å². The summed E-state index contributed by atoms with van der Waals surface area (Å²) in [5.74, 6) is 0.525. The predicted molar refractivity (Wildman–Crippen MR) is 121 cm³/mol. The van der Waals surface area contributed by atoms with Crippen LogP contribution in [-0.2, 0) is 14.8 Å². The number of sulfonamides is 1. The first-order valence-electron chi connectivity index (χ1n) is 9.30. The number of carbonyl (C=O) groups is 1. The minimum Gasteiger partial charge on any atom is -0.497 e. The maximum Gasteiger partial charge on any atom is 0.262 e. The Balaban J connectivity index is 1.70. The molecule has 0 saturated heterocycles. The van der Waals surface area contributed by atoms with Crippen LogP contribution in [0.2, 0.25) is 0 Å². The van der Waals surface area contributed by atoms with Gasteiger partial charge in [0.2, 0.25) is 5.91 Å². The van der Waals surface area contributed by atoms with Crippen molar-refractivity contribution in [2.24, 2.45) is 0 Å². The molecule has 0 spiro atoms. The van der Waals surface area contributed by atoms with Crippen LogP contribution in [-0.4, -0.2) is 28.5 Å². The van der Waals surface area contributed by atoms with E-state index in [-0.39, 0.29) is 16.5 Å². The van der Waals surface area contributed by atoms with Gasteiger partial charge in [0.05, 0.1) is 24.8 Å². The van der Waals surface area contributed by atoms with Crippen molar-refractivity contribution in [3.63, 3.8) is 0 Å². The molecule has 3 aromatic rings. The van der Waals surface area contributed by atoms with Crippen molar-refractivity contribution in [2.45, 2.75) is 4.90 Å². The topological polar surface area (TPSA) is 93.7 Å². The van der Waals surface area contributed by atoms with Crippen LogP contribution >= 0.6 is 0 Å². The van der Waals surface area contributed by atoms with Crippen LogP contribution in [0, 0.1) is 0 Å². The Labute approximate surface area is 181 Å². The number of hydrogen-bond donors (Lipinski definition) is 2. The van der Waals surface area contributed by atoms with Crippen molar-refractivity contribution < 1.29 is 22.7 Å². The van der Waals surface area contributed by atoms with E-state index in [1.807, 2.05) is 30.3 Å². The van der Waals surface area contributed by atoms with E-state index in [1.54, 1.807) is 18.2 Å². The van der Waals surface area contributed by atoms with Crippen LogP contribution in [0.5, 0.6) is 11.5 Å². The number of nitrogens with one attached hydrogen (secondary N) is 2. The number of methoxy groups -OCH3 is 2. The summed E-state index contributed by atoms with van der Waals surface area (Å²) in [5.41, 5.74) is 1.63. The Morgan fingerprint density at radius 1 is 0.903 bits per heavy atom. The average molecular weight is 439 g/mol. The van der Waals surface area contributed by atoms with Crippen LogP contribution in [0.3, 0.4) is 0 Å². The van der Waals surface area contributed by atoms with E-state index in [0.29, 0.717) is 17.2 Å². The first-order valence-corrected chi connectivity index (χ1v) is 10.8. The maximum absolute atomic E-state index is 12.8. The summed E-state index contributed by atoms with van der Waals surface area (Å²) < 4.78 is 38.4. The number of ether oxygens (including phenoxy) is 2. The van der Waals surface area contributed by atoms with E-state index < -0.39 is 10.0 Å². The Bertz CT molecular complexity index is 1170. The summed E-state index contributed by atoms with van der Waals surface area (Å²) in [4.78, 5) is 12.1. The lowest BCUT2D eigenvalue weighted by Gasteiger charge is -2.13. The highest BCUT2D eigenvalue weighted by Crippen LogP contribution is 2.31. The number of hydrogen-bond acceptors (Lipinski definition) is 5. The van der Waals surface area contributed by atoms with Gasteiger partial charge in [0.25, 0.3) is 10.0 Å². The zero-order chi connectivity index (χ0) is 22.3. The molecule has 3 aromatic carbocycles. The van der Waals surface area contributed by atoms with E-state index in [4.69, 9.17) is 9.47 Å². The quantitative estimate of drug-likeness (QED) is 0.515. The summed E-state index contributed by atoms with van der Waals surface area (Å²) in [6.45, 7) is 0. The third kappa shape index (κ3) is 5.86. The molecule has 0 bridgehead atoms. The number of carbonyl (C=O) groups excluding carboxylic acids is 1. The third-order valence-corrected chi connectivity index (χ3v) is 5.69. The van der Waals surface area contributed by atoms with Gasteiger partial charge in [0, 0.05) is 17.8 Å². The average Bonchev–Trinajstić information content (AvgIpc) is 2.78. The molecule has 160 valence electrons. The third-order valence-electron chi connectivity index (χ3n) is 4.31. The van der Waals surface area contributed by atoms with Crippen molar-refractivity contribution in [3.05, 3.63) is 84.4 Å². The highest BCUT2D eigenvalue weighted by atomic mass is 32.2. The Morgan fingerprint density at radius 3 is 2.26 bits per heavy atom. The van der Waals surface area contributed by atoms with Gasteiger partial charge in [-0.1, -0.05) is 30.3 Å². The van der Waals surface area contributed by atoms with Gasteiger partial charge in [-0.15, -0.1) is 0 Å². The van der Waals surface area contributed by atoms with Gasteiger partial charge in [-0.25, -0.2) is 8.42 Å². The second kappa shape index (κ2) is 9.82. The minimum absolute atomic E-state index is 0.0372. The van der Waals surface area contributed by atoms with E-state index in [0.717, 1.165) is 5.56 Å². The molecule has 0 fully saturated rings. The van der Waals surface area contributed by atoms with Crippen LogP contribution in [0.25, 0.3) is 6.08 Å². The molecule has 0 unspecified atom stereocenters. The summed E-state index contributed by atoms with van der Waals surface area (Å²) in [6, 6.07) is 20.1. The van der Waals surface area contributed by atoms with Gasteiger partial charge in [0.15, 0.2) is 0 Å². The summed E-state index contributed by atoms with van der Waals surface area (Å²) >= 11 is 0. The first-order chi connectivity index (χ1) is 14.9. The summed E-state index contributed by atoms with van der Waals surface area (Å²) in [7, 11) is -0.939. The SMILES string of the molecule is COc1ccc(OC)c(NS(=O)(=O)c2ccc(NC(=O)C=Cc3ccccc3)cc2)c1. The molecule has 0 saturated carbocycles. The van der Waals surface area contributed by atoms with Crippen molar-refractivity contribution in [1.29, 1.82) is 0 Å². The lowest BCUT2D eigenvalue weighted by atomic mass is 10.2. The van der Waals surface area contributed by atoms with E-state index in [1.165, 1.54) is 50.6 Å². The fraction of sp³-hybridized carbons (Fsp3) is 0.0870. The van der Waals surface area contributed by atoms with Gasteiger partial charge in [-0.05, 0) is 48.0 Å². The maximum atomic E-state index is 12.8. The van der Waals surface area contributed by atoms with Crippen molar-refractivity contribution in [3.8, 4) is 11.5 Å². The van der Waals surface area contributed by atoms with E-state index in [9.17, 15) is 13.2 Å². The second-order valence-electron chi connectivity index (χ2n) is 6.43. The number of benzene rings is 3. The molecular weight excluding hydrogens is 416 g/mol. The zero-order valence-electron chi connectivity index (χ0n) is 17.0. The minimum atomic E-state index is -3.87. The van der Waals surface area contributed by atoms with Crippen molar-refractivity contribution in [2.75, 3.05) is 24.3 Å². The Morgan fingerprint density at radius 2 is 1.61 bits per heavy atom. The highest BCUT2D eigenvalue weighted by Gasteiger charge is 2.17. The predicted octanol–water partition coefficient (Wildman–Crippen LogP) is 4.16. The fourth-order valence-corrected chi connectivity index (χ4v) is 3.80. The normalized spacial score (nSPS) is 11.2. The smallest absolute Gasteiger partial charge is 0.262 e. The Kier molecular flexibility index (Phi) is 6.94. The number of rotatable bonds is 8. The van der Waals surface area contributed by atoms with Gasteiger partial charge in [-0.3, -0.25) is 9.52 Å². The number of anilines is 2. The molecule has 0 atom stereocenters. The zero-order valence-corrected chi connectivity index (χ0v) is 17.8.